The molecule has 0 saturated heterocycles. The Balaban J connectivity index is 1.68. The van der Waals surface area contributed by atoms with Gasteiger partial charge in [0, 0.05) is 0 Å². The highest BCUT2D eigenvalue weighted by atomic mass is 16.3. The molecule has 19 heavy (non-hydrogen) atoms. The van der Waals surface area contributed by atoms with E-state index in [9.17, 15) is 5.11 Å². The van der Waals surface area contributed by atoms with Crippen molar-refractivity contribution in [1.29, 1.82) is 0 Å². The summed E-state index contributed by atoms with van der Waals surface area (Å²) in [6, 6.07) is 7.09. The van der Waals surface area contributed by atoms with Crippen LogP contribution in [0, 0.1) is 24.7 Å². The Bertz CT molecular complexity index is 492. The van der Waals surface area contributed by atoms with E-state index >= 15 is 0 Å². The standard InChI is InChI=1S/C18H24O/c1-11-2-4-13-12(10-11)3-5-15-14(13)6-7-17-16(15)8-9-18(17)19/h2,4,10,14-19H,3,5-9H2,1H3. The Morgan fingerprint density at radius 3 is 2.68 bits per heavy atom. The molecule has 3 aliphatic rings. The Hall–Kier alpha value is -0.820. The van der Waals surface area contributed by atoms with Crippen molar-refractivity contribution in [3.8, 4) is 0 Å². The molecule has 2 saturated carbocycles. The van der Waals surface area contributed by atoms with Gasteiger partial charge in [-0.2, -0.15) is 0 Å². The van der Waals surface area contributed by atoms with Crippen LogP contribution in [-0.4, -0.2) is 11.2 Å². The van der Waals surface area contributed by atoms with Gasteiger partial charge in [0.25, 0.3) is 0 Å². The molecule has 0 aromatic heterocycles. The molecule has 0 spiro atoms. The van der Waals surface area contributed by atoms with Gasteiger partial charge in [0.15, 0.2) is 0 Å². The van der Waals surface area contributed by atoms with E-state index in [0.717, 1.165) is 24.2 Å². The summed E-state index contributed by atoms with van der Waals surface area (Å²) in [6.45, 7) is 2.20. The molecule has 2 fully saturated rings. The maximum atomic E-state index is 10.1. The zero-order valence-corrected chi connectivity index (χ0v) is 11.8. The zero-order valence-electron chi connectivity index (χ0n) is 11.8. The highest BCUT2D eigenvalue weighted by Crippen LogP contribution is 2.54. The van der Waals surface area contributed by atoms with E-state index in [1.165, 1.54) is 37.7 Å². The highest BCUT2D eigenvalue weighted by Gasteiger charge is 2.47. The van der Waals surface area contributed by atoms with Crippen LogP contribution in [0.5, 0.6) is 0 Å². The molecule has 1 N–H and O–H groups in total. The fraction of sp³-hybridized carbons (Fsp3) is 0.667. The van der Waals surface area contributed by atoms with Crippen LogP contribution >= 0.6 is 0 Å². The minimum atomic E-state index is 0.00497. The molecule has 5 atom stereocenters. The minimum absolute atomic E-state index is 0.00497. The Kier molecular flexibility index (Phi) is 2.73. The first-order valence-electron chi connectivity index (χ1n) is 8.01. The van der Waals surface area contributed by atoms with Crippen LogP contribution in [0.2, 0.25) is 0 Å². The van der Waals surface area contributed by atoms with E-state index in [4.69, 9.17) is 0 Å². The average Bonchev–Trinajstić information content (AvgIpc) is 2.80. The molecule has 1 heteroatoms. The lowest BCUT2D eigenvalue weighted by Crippen LogP contribution is -2.36. The van der Waals surface area contributed by atoms with Crippen molar-refractivity contribution in [3.63, 3.8) is 0 Å². The number of aliphatic hydroxyl groups excluding tert-OH is 1. The summed E-state index contributed by atoms with van der Waals surface area (Å²) >= 11 is 0. The number of hydrogen-bond acceptors (Lipinski definition) is 1. The lowest BCUT2D eigenvalue weighted by molar-refractivity contribution is 0.0566. The van der Waals surface area contributed by atoms with Crippen molar-refractivity contribution < 1.29 is 5.11 Å². The van der Waals surface area contributed by atoms with Gasteiger partial charge in [0.05, 0.1) is 6.10 Å². The third-order valence-electron chi connectivity index (χ3n) is 6.16. The van der Waals surface area contributed by atoms with Crippen LogP contribution in [0.25, 0.3) is 0 Å². The molecular formula is C18H24O. The van der Waals surface area contributed by atoms with Crippen molar-refractivity contribution in [2.45, 2.75) is 57.5 Å². The van der Waals surface area contributed by atoms with Gasteiger partial charge in [-0.05, 0) is 80.2 Å². The predicted octanol–water partition coefficient (Wildman–Crippen LogP) is 3.82. The van der Waals surface area contributed by atoms with Gasteiger partial charge in [-0.15, -0.1) is 0 Å². The van der Waals surface area contributed by atoms with Crippen molar-refractivity contribution in [3.05, 3.63) is 34.9 Å². The second-order valence-corrected chi connectivity index (χ2v) is 7.06. The highest BCUT2D eigenvalue weighted by molar-refractivity contribution is 5.37. The summed E-state index contributed by atoms with van der Waals surface area (Å²) in [5.74, 6) is 3.07. The second kappa shape index (κ2) is 4.34. The SMILES string of the molecule is Cc1ccc2c(c1)CCC1C2CCC2C(O)CCC21. The largest absolute Gasteiger partial charge is 0.393 e. The average molecular weight is 256 g/mol. The maximum absolute atomic E-state index is 10.1. The van der Waals surface area contributed by atoms with Crippen molar-refractivity contribution in [2.75, 3.05) is 0 Å². The third-order valence-corrected chi connectivity index (χ3v) is 6.16. The van der Waals surface area contributed by atoms with Crippen LogP contribution in [0.15, 0.2) is 18.2 Å². The van der Waals surface area contributed by atoms with Crippen LogP contribution in [-0.2, 0) is 6.42 Å². The lowest BCUT2D eigenvalue weighted by atomic mass is 9.60. The van der Waals surface area contributed by atoms with Crippen LogP contribution in [0.4, 0.5) is 0 Å². The summed E-state index contributed by atoms with van der Waals surface area (Å²) in [5, 5.41) is 10.1. The summed E-state index contributed by atoms with van der Waals surface area (Å²) in [7, 11) is 0. The topological polar surface area (TPSA) is 20.2 Å². The van der Waals surface area contributed by atoms with Crippen LogP contribution < -0.4 is 0 Å². The van der Waals surface area contributed by atoms with Crippen molar-refractivity contribution in [1.82, 2.24) is 0 Å². The molecule has 1 aromatic carbocycles. The molecule has 0 bridgehead atoms. The smallest absolute Gasteiger partial charge is 0.0571 e. The molecular weight excluding hydrogens is 232 g/mol. The molecule has 4 rings (SSSR count). The molecule has 5 unspecified atom stereocenters. The third kappa shape index (κ3) is 1.78. The summed E-state index contributed by atoms with van der Waals surface area (Å²) in [4.78, 5) is 0. The first-order chi connectivity index (χ1) is 9.24. The molecule has 1 nitrogen and oxygen atoms in total. The Morgan fingerprint density at radius 1 is 0.947 bits per heavy atom. The summed E-state index contributed by atoms with van der Waals surface area (Å²) in [6.07, 6.45) is 7.50. The monoisotopic (exact) mass is 256 g/mol. The van der Waals surface area contributed by atoms with Gasteiger partial charge in [0.2, 0.25) is 0 Å². The van der Waals surface area contributed by atoms with Gasteiger partial charge in [0.1, 0.15) is 0 Å². The lowest BCUT2D eigenvalue weighted by Gasteiger charge is -2.44. The van der Waals surface area contributed by atoms with Gasteiger partial charge < -0.3 is 5.11 Å². The number of aliphatic hydroxyl groups is 1. The van der Waals surface area contributed by atoms with Crippen molar-refractivity contribution >= 4 is 0 Å². The molecule has 1 aromatic rings. The summed E-state index contributed by atoms with van der Waals surface area (Å²) < 4.78 is 0. The number of hydrogen-bond donors (Lipinski definition) is 1. The predicted molar refractivity (Wildman–Crippen MR) is 77.2 cm³/mol. The van der Waals surface area contributed by atoms with Crippen LogP contribution in [0.1, 0.15) is 54.7 Å². The number of aryl methyl sites for hydroxylation is 2. The molecule has 102 valence electrons. The quantitative estimate of drug-likeness (QED) is 0.748. The van der Waals surface area contributed by atoms with Crippen LogP contribution in [0.3, 0.4) is 0 Å². The molecule has 3 aliphatic carbocycles. The van der Waals surface area contributed by atoms with E-state index in [1.807, 2.05) is 0 Å². The molecule has 0 aliphatic heterocycles. The fourth-order valence-corrected chi connectivity index (χ4v) is 5.34. The number of fused-ring (bicyclic) bond motifs is 5. The number of benzene rings is 1. The van der Waals surface area contributed by atoms with Gasteiger partial charge in [-0.1, -0.05) is 23.8 Å². The molecule has 0 radical (unpaired) electrons. The van der Waals surface area contributed by atoms with Gasteiger partial charge >= 0.3 is 0 Å². The first-order valence-corrected chi connectivity index (χ1v) is 8.01. The number of rotatable bonds is 0. The normalized spacial score (nSPS) is 40.4. The maximum Gasteiger partial charge on any atom is 0.0571 e. The van der Waals surface area contributed by atoms with E-state index in [-0.39, 0.29) is 6.10 Å². The fourth-order valence-electron chi connectivity index (χ4n) is 5.34. The minimum Gasteiger partial charge on any atom is -0.393 e. The van der Waals surface area contributed by atoms with Gasteiger partial charge in [-0.3, -0.25) is 0 Å². The molecule has 0 heterocycles. The second-order valence-electron chi connectivity index (χ2n) is 7.06. The van der Waals surface area contributed by atoms with Gasteiger partial charge in [-0.25, -0.2) is 0 Å². The van der Waals surface area contributed by atoms with E-state index in [0.29, 0.717) is 5.92 Å². The molecule has 0 amide bonds. The van der Waals surface area contributed by atoms with E-state index in [1.54, 1.807) is 11.1 Å². The van der Waals surface area contributed by atoms with E-state index in [2.05, 4.69) is 25.1 Å². The Morgan fingerprint density at radius 2 is 1.79 bits per heavy atom. The van der Waals surface area contributed by atoms with E-state index < -0.39 is 0 Å². The Labute approximate surface area is 116 Å². The summed E-state index contributed by atoms with van der Waals surface area (Å²) in [5.41, 5.74) is 4.65. The van der Waals surface area contributed by atoms with Crippen molar-refractivity contribution in [2.24, 2.45) is 17.8 Å². The first kappa shape index (κ1) is 12.0. The zero-order chi connectivity index (χ0) is 13.0.